The molecular formula is C24H16Cl7N3O2. The Labute approximate surface area is 242 Å². The number of carbonyl (C=O) groups is 2. The molecule has 5 nitrogen and oxygen atoms in total. The highest BCUT2D eigenvalue weighted by Crippen LogP contribution is 2.65. The Morgan fingerprint density at radius 2 is 1.47 bits per heavy atom. The molecular weight excluding hydrogens is 610 g/mol. The second kappa shape index (κ2) is 10.7. The molecule has 0 heterocycles. The van der Waals surface area contributed by atoms with Gasteiger partial charge in [0.15, 0.2) is 0 Å². The van der Waals surface area contributed by atoms with Crippen LogP contribution in [0.5, 0.6) is 0 Å². The molecule has 36 heavy (non-hydrogen) atoms. The zero-order valence-corrected chi connectivity index (χ0v) is 23.5. The molecule has 0 unspecified atom stereocenters. The van der Waals surface area contributed by atoms with Gasteiger partial charge in [-0.2, -0.15) is 0 Å². The molecule has 1 aliphatic carbocycles. The molecule has 3 aromatic rings. The number of alkyl halides is 2. The number of halogens is 7. The fourth-order valence-corrected chi connectivity index (χ4v) is 5.78. The second-order valence-electron chi connectivity index (χ2n) is 7.98. The Hall–Kier alpha value is -1.57. The van der Waals surface area contributed by atoms with E-state index in [9.17, 15) is 9.59 Å². The van der Waals surface area contributed by atoms with Crippen LogP contribution in [0.4, 0.5) is 17.1 Å². The van der Waals surface area contributed by atoms with E-state index in [1.165, 1.54) is 12.1 Å². The average molecular weight is 627 g/mol. The number of anilines is 3. The molecule has 1 saturated carbocycles. The van der Waals surface area contributed by atoms with Gasteiger partial charge in [0.2, 0.25) is 5.91 Å². The van der Waals surface area contributed by atoms with Crippen LogP contribution in [0.2, 0.25) is 25.1 Å². The molecule has 4 rings (SSSR count). The summed E-state index contributed by atoms with van der Waals surface area (Å²) in [6, 6.07) is 12.6. The van der Waals surface area contributed by atoms with E-state index in [4.69, 9.17) is 81.2 Å². The van der Waals surface area contributed by atoms with E-state index in [2.05, 4.69) is 16.0 Å². The van der Waals surface area contributed by atoms with Crippen LogP contribution in [0.25, 0.3) is 0 Å². The quantitative estimate of drug-likeness (QED) is 0.240. The smallest absolute Gasteiger partial charge is 0.257 e. The summed E-state index contributed by atoms with van der Waals surface area (Å²) in [5.41, 5.74) is 1.93. The zero-order valence-electron chi connectivity index (χ0n) is 18.2. The molecule has 2 atom stereocenters. The Morgan fingerprint density at radius 3 is 2.14 bits per heavy atom. The number of hydrogen-bond donors (Lipinski definition) is 3. The standard InChI is InChI=1S/C24H16Cl7N3O2/c1-32-21-15(27)6-7-17(20(21)29)34-22(35)12-9-11(3-5-13(12)25)33-23(36)19-18(24(19,30)31)10-2-4-14(26)16(28)8-10/h2-9,18-19,32H,1H3,(H,33,36)(H,34,35)/t18-,19+/m0/s1. The molecule has 1 fully saturated rings. The van der Waals surface area contributed by atoms with Crippen LogP contribution in [0.3, 0.4) is 0 Å². The minimum atomic E-state index is -1.33. The number of hydrogen-bond acceptors (Lipinski definition) is 3. The summed E-state index contributed by atoms with van der Waals surface area (Å²) in [7, 11) is 1.66. The fourth-order valence-electron chi connectivity index (χ4n) is 3.84. The van der Waals surface area contributed by atoms with Crippen molar-refractivity contribution in [3.05, 3.63) is 84.8 Å². The summed E-state index contributed by atoms with van der Waals surface area (Å²) in [5.74, 6) is -2.20. The predicted molar refractivity (Wildman–Crippen MR) is 151 cm³/mol. The summed E-state index contributed by atoms with van der Waals surface area (Å²) in [6.45, 7) is 0. The first-order valence-corrected chi connectivity index (χ1v) is 13.0. The topological polar surface area (TPSA) is 70.2 Å². The normalized spacial score (nSPS) is 17.9. The first kappa shape index (κ1) is 27.5. The van der Waals surface area contributed by atoms with Crippen LogP contribution in [0.1, 0.15) is 21.8 Å². The van der Waals surface area contributed by atoms with E-state index in [0.29, 0.717) is 37.7 Å². The van der Waals surface area contributed by atoms with Crippen LogP contribution in [-0.4, -0.2) is 23.2 Å². The Bertz CT molecular complexity index is 1380. The molecule has 1 aliphatic rings. The maximum absolute atomic E-state index is 13.0. The molecule has 188 valence electrons. The predicted octanol–water partition coefficient (Wildman–Crippen LogP) is 8.77. The van der Waals surface area contributed by atoms with Crippen molar-refractivity contribution < 1.29 is 9.59 Å². The summed E-state index contributed by atoms with van der Waals surface area (Å²) in [4.78, 5) is 26.0. The maximum atomic E-state index is 13.0. The summed E-state index contributed by atoms with van der Waals surface area (Å²) in [6.07, 6.45) is 0. The molecule has 0 saturated heterocycles. The molecule has 0 radical (unpaired) electrons. The van der Waals surface area contributed by atoms with E-state index in [-0.39, 0.29) is 15.6 Å². The zero-order chi connectivity index (χ0) is 26.4. The molecule has 0 spiro atoms. The third kappa shape index (κ3) is 5.34. The van der Waals surface area contributed by atoms with Gasteiger partial charge in [-0.05, 0) is 48.0 Å². The van der Waals surface area contributed by atoms with Gasteiger partial charge in [0.25, 0.3) is 5.91 Å². The molecule has 0 aliphatic heterocycles. The van der Waals surface area contributed by atoms with Gasteiger partial charge in [-0.15, -0.1) is 23.2 Å². The number of carbonyl (C=O) groups excluding carboxylic acids is 2. The van der Waals surface area contributed by atoms with Gasteiger partial charge >= 0.3 is 0 Å². The highest BCUT2D eigenvalue weighted by Gasteiger charge is 2.67. The third-order valence-electron chi connectivity index (χ3n) is 5.71. The van der Waals surface area contributed by atoms with E-state index >= 15 is 0 Å². The van der Waals surface area contributed by atoms with Gasteiger partial charge in [0, 0.05) is 18.7 Å². The number of nitrogens with one attached hydrogen (secondary N) is 3. The monoisotopic (exact) mass is 623 g/mol. The Kier molecular flexibility index (Phi) is 8.13. The fraction of sp³-hybridized carbons (Fsp3) is 0.167. The molecule has 0 bridgehead atoms. The lowest BCUT2D eigenvalue weighted by molar-refractivity contribution is -0.117. The lowest BCUT2D eigenvalue weighted by Crippen LogP contribution is -2.18. The van der Waals surface area contributed by atoms with Gasteiger partial charge in [-0.1, -0.05) is 64.1 Å². The van der Waals surface area contributed by atoms with E-state index in [1.54, 1.807) is 43.4 Å². The van der Waals surface area contributed by atoms with Crippen molar-refractivity contribution >= 4 is 110 Å². The maximum Gasteiger partial charge on any atom is 0.257 e. The van der Waals surface area contributed by atoms with Gasteiger partial charge < -0.3 is 16.0 Å². The minimum Gasteiger partial charge on any atom is -0.386 e. The van der Waals surface area contributed by atoms with E-state index in [0.717, 1.165) is 0 Å². The first-order chi connectivity index (χ1) is 16.9. The van der Waals surface area contributed by atoms with Crippen molar-refractivity contribution in [3.8, 4) is 0 Å². The van der Waals surface area contributed by atoms with E-state index < -0.39 is 28.0 Å². The Balaban J connectivity index is 1.52. The summed E-state index contributed by atoms with van der Waals surface area (Å²) >= 11 is 43.7. The van der Waals surface area contributed by atoms with Crippen LogP contribution >= 0.6 is 81.2 Å². The lowest BCUT2D eigenvalue weighted by Gasteiger charge is -2.14. The van der Waals surface area contributed by atoms with Crippen molar-refractivity contribution in [2.45, 2.75) is 10.3 Å². The van der Waals surface area contributed by atoms with Crippen molar-refractivity contribution in [3.63, 3.8) is 0 Å². The van der Waals surface area contributed by atoms with Gasteiger partial charge in [-0.3, -0.25) is 9.59 Å². The molecule has 3 aromatic carbocycles. The minimum absolute atomic E-state index is 0.117. The molecule has 3 N–H and O–H groups in total. The number of amides is 2. The molecule has 2 amide bonds. The van der Waals surface area contributed by atoms with Gasteiger partial charge in [-0.25, -0.2) is 0 Å². The first-order valence-electron chi connectivity index (χ1n) is 10.4. The van der Waals surface area contributed by atoms with Crippen molar-refractivity contribution in [1.29, 1.82) is 0 Å². The van der Waals surface area contributed by atoms with Crippen LogP contribution in [0.15, 0.2) is 48.5 Å². The summed E-state index contributed by atoms with van der Waals surface area (Å²) < 4.78 is -1.33. The number of benzene rings is 3. The van der Waals surface area contributed by atoms with Gasteiger partial charge in [0.1, 0.15) is 4.33 Å². The lowest BCUT2D eigenvalue weighted by atomic mass is 10.1. The third-order valence-corrected chi connectivity index (χ3v) is 8.42. The van der Waals surface area contributed by atoms with Crippen LogP contribution in [-0.2, 0) is 4.79 Å². The van der Waals surface area contributed by atoms with Gasteiger partial charge in [0.05, 0.1) is 48.0 Å². The van der Waals surface area contributed by atoms with Crippen LogP contribution < -0.4 is 16.0 Å². The Morgan fingerprint density at radius 1 is 0.806 bits per heavy atom. The van der Waals surface area contributed by atoms with Crippen LogP contribution in [0, 0.1) is 5.92 Å². The van der Waals surface area contributed by atoms with E-state index in [1.807, 2.05) is 0 Å². The highest BCUT2D eigenvalue weighted by atomic mass is 35.5. The van der Waals surface area contributed by atoms with Crippen molar-refractivity contribution in [2.75, 3.05) is 23.0 Å². The average Bonchev–Trinajstić information content (AvgIpc) is 3.41. The largest absolute Gasteiger partial charge is 0.386 e. The summed E-state index contributed by atoms with van der Waals surface area (Å²) in [5, 5.41) is 9.86. The van der Waals surface area contributed by atoms with Crippen molar-refractivity contribution in [2.24, 2.45) is 5.92 Å². The molecule has 12 heteroatoms. The van der Waals surface area contributed by atoms with Crippen molar-refractivity contribution in [1.82, 2.24) is 0 Å². The second-order valence-corrected chi connectivity index (χ2v) is 11.4. The molecule has 0 aromatic heterocycles. The SMILES string of the molecule is CNc1c(Cl)ccc(NC(=O)c2cc(NC(=O)[C@H]3[C@H](c4ccc(Cl)c(Cl)c4)C3(Cl)Cl)ccc2Cl)c1Cl. The highest BCUT2D eigenvalue weighted by molar-refractivity contribution is 6.53. The number of rotatable bonds is 6.